The van der Waals surface area contributed by atoms with Crippen molar-refractivity contribution in [1.82, 2.24) is 19.4 Å². The molecule has 1 saturated heterocycles. The maximum Gasteiger partial charge on any atom is 0.261 e. The van der Waals surface area contributed by atoms with E-state index in [1.54, 1.807) is 23.1 Å². The van der Waals surface area contributed by atoms with E-state index in [1.165, 1.54) is 16.5 Å². The molecule has 0 N–H and O–H groups in total. The van der Waals surface area contributed by atoms with Gasteiger partial charge in [0, 0.05) is 32.1 Å². The third kappa shape index (κ3) is 6.01. The first-order chi connectivity index (χ1) is 18.1. The standard InChI is InChI=1S/C29H34N4O4/c34-27(14-17-32-21-30-26-11-2-1-10-25(26)29(32)36)31-15-6-18-37-24-9-5-7-22(19-24)12-13-23-8-3-4-16-33(23)28(35)20-31/h1-2,5,7,9-11,19,21,23H,3-4,6,8,12-18,20H2. The molecule has 0 aliphatic carbocycles. The Morgan fingerprint density at radius 1 is 1.00 bits per heavy atom. The minimum atomic E-state index is -0.165. The molecule has 2 aliphatic rings. The van der Waals surface area contributed by atoms with E-state index in [-0.39, 0.29) is 42.9 Å². The number of fused-ring (bicyclic) bond motifs is 4. The van der Waals surface area contributed by atoms with Gasteiger partial charge in [-0.15, -0.1) is 0 Å². The maximum atomic E-state index is 13.4. The van der Waals surface area contributed by atoms with Crippen molar-refractivity contribution in [1.29, 1.82) is 0 Å². The van der Waals surface area contributed by atoms with Crippen LogP contribution in [0.1, 0.15) is 44.1 Å². The van der Waals surface area contributed by atoms with Crippen molar-refractivity contribution in [3.63, 3.8) is 0 Å². The summed E-state index contributed by atoms with van der Waals surface area (Å²) in [5, 5.41) is 0.531. The van der Waals surface area contributed by atoms with Gasteiger partial charge in [0.1, 0.15) is 5.75 Å². The summed E-state index contributed by atoms with van der Waals surface area (Å²) in [6.07, 6.45) is 7.14. The molecule has 0 spiro atoms. The number of hydrogen-bond donors (Lipinski definition) is 0. The van der Waals surface area contributed by atoms with Crippen LogP contribution >= 0.6 is 0 Å². The van der Waals surface area contributed by atoms with Crippen molar-refractivity contribution in [2.24, 2.45) is 0 Å². The molecule has 194 valence electrons. The number of ether oxygens (including phenoxy) is 1. The Kier molecular flexibility index (Phi) is 7.82. The van der Waals surface area contributed by atoms with Gasteiger partial charge in [0.2, 0.25) is 11.8 Å². The highest BCUT2D eigenvalue weighted by Crippen LogP contribution is 2.23. The Morgan fingerprint density at radius 3 is 2.81 bits per heavy atom. The van der Waals surface area contributed by atoms with Crippen molar-refractivity contribution in [3.05, 3.63) is 70.8 Å². The lowest BCUT2D eigenvalue weighted by Gasteiger charge is -2.37. The van der Waals surface area contributed by atoms with Gasteiger partial charge in [0.05, 0.1) is 30.4 Å². The van der Waals surface area contributed by atoms with Gasteiger partial charge in [0.25, 0.3) is 5.56 Å². The monoisotopic (exact) mass is 502 g/mol. The van der Waals surface area contributed by atoms with Crippen LogP contribution in [0.4, 0.5) is 0 Å². The van der Waals surface area contributed by atoms with E-state index in [9.17, 15) is 14.4 Å². The molecule has 3 aromatic rings. The number of aromatic nitrogens is 2. The van der Waals surface area contributed by atoms with Gasteiger partial charge < -0.3 is 14.5 Å². The Bertz CT molecular complexity index is 1320. The van der Waals surface area contributed by atoms with Gasteiger partial charge in [0.15, 0.2) is 0 Å². The minimum absolute atomic E-state index is 0.00863. The summed E-state index contributed by atoms with van der Waals surface area (Å²) < 4.78 is 7.43. The van der Waals surface area contributed by atoms with Gasteiger partial charge in [-0.05, 0) is 68.4 Å². The first-order valence-corrected chi connectivity index (χ1v) is 13.3. The SMILES string of the molecule is O=C(CCn1cnc2ccccc2c1=O)N1CCCOc2cccc(c2)CCC2CCCCN2C(=O)C1. The molecule has 5 rings (SSSR count). The molecule has 1 fully saturated rings. The molecule has 3 heterocycles. The number of piperidine rings is 1. The molecule has 1 atom stereocenters. The zero-order chi connectivity index (χ0) is 25.6. The van der Waals surface area contributed by atoms with E-state index in [0.29, 0.717) is 30.5 Å². The molecule has 0 radical (unpaired) electrons. The fraction of sp³-hybridized carbons (Fsp3) is 0.448. The number of amides is 2. The second kappa shape index (κ2) is 11.6. The number of rotatable bonds is 3. The first kappa shape index (κ1) is 25.0. The van der Waals surface area contributed by atoms with Crippen LogP contribution in [0, 0.1) is 0 Å². The predicted molar refractivity (Wildman–Crippen MR) is 141 cm³/mol. The number of hydrogen-bond acceptors (Lipinski definition) is 5. The third-order valence-corrected chi connectivity index (χ3v) is 7.43. The molecule has 1 unspecified atom stereocenters. The highest BCUT2D eigenvalue weighted by molar-refractivity contribution is 5.85. The van der Waals surface area contributed by atoms with E-state index in [2.05, 4.69) is 17.1 Å². The molecule has 0 saturated carbocycles. The van der Waals surface area contributed by atoms with Crippen LogP contribution in [0.2, 0.25) is 0 Å². The molecule has 2 bridgehead atoms. The van der Waals surface area contributed by atoms with Gasteiger partial charge in [-0.2, -0.15) is 0 Å². The smallest absolute Gasteiger partial charge is 0.261 e. The Hall–Kier alpha value is -3.68. The van der Waals surface area contributed by atoms with Crippen LogP contribution < -0.4 is 10.3 Å². The fourth-order valence-electron chi connectivity index (χ4n) is 5.38. The minimum Gasteiger partial charge on any atom is -0.494 e. The zero-order valence-corrected chi connectivity index (χ0v) is 21.2. The van der Waals surface area contributed by atoms with Crippen LogP contribution in [0.15, 0.2) is 59.7 Å². The summed E-state index contributed by atoms with van der Waals surface area (Å²) in [7, 11) is 0. The number of carbonyl (C=O) groups excluding carboxylic acids is 2. The van der Waals surface area contributed by atoms with E-state index in [4.69, 9.17) is 4.74 Å². The average molecular weight is 503 g/mol. The second-order valence-electron chi connectivity index (χ2n) is 9.95. The fourth-order valence-corrected chi connectivity index (χ4v) is 5.38. The van der Waals surface area contributed by atoms with Gasteiger partial charge >= 0.3 is 0 Å². The lowest BCUT2D eigenvalue weighted by Crippen LogP contribution is -2.49. The molecule has 8 nitrogen and oxygen atoms in total. The van der Waals surface area contributed by atoms with Crippen molar-refractivity contribution < 1.29 is 14.3 Å². The van der Waals surface area contributed by atoms with E-state index < -0.39 is 0 Å². The molecular weight excluding hydrogens is 468 g/mol. The lowest BCUT2D eigenvalue weighted by molar-refractivity contribution is -0.143. The summed E-state index contributed by atoms with van der Waals surface area (Å²) in [6.45, 7) is 1.91. The van der Waals surface area contributed by atoms with Gasteiger partial charge in [-0.25, -0.2) is 4.98 Å². The normalized spacial score (nSPS) is 19.1. The summed E-state index contributed by atoms with van der Waals surface area (Å²) in [4.78, 5) is 47.5. The topological polar surface area (TPSA) is 84.7 Å². The second-order valence-corrected chi connectivity index (χ2v) is 9.95. The summed E-state index contributed by atoms with van der Waals surface area (Å²) >= 11 is 0. The molecule has 2 amide bonds. The third-order valence-electron chi connectivity index (χ3n) is 7.43. The van der Waals surface area contributed by atoms with Crippen LogP contribution in [0.3, 0.4) is 0 Å². The molecule has 8 heteroatoms. The van der Waals surface area contributed by atoms with Crippen molar-refractivity contribution in [2.75, 3.05) is 26.2 Å². The maximum absolute atomic E-state index is 13.4. The number of aryl methyl sites for hydroxylation is 2. The number of benzene rings is 2. The van der Waals surface area contributed by atoms with E-state index in [1.807, 2.05) is 23.1 Å². The van der Waals surface area contributed by atoms with Crippen LogP contribution in [0.5, 0.6) is 5.75 Å². The predicted octanol–water partition coefficient (Wildman–Crippen LogP) is 3.41. The molecule has 1 aromatic heterocycles. The lowest BCUT2D eigenvalue weighted by atomic mass is 9.95. The Labute approximate surface area is 216 Å². The summed E-state index contributed by atoms with van der Waals surface area (Å²) in [6, 6.07) is 15.5. The molecule has 2 aromatic carbocycles. The first-order valence-electron chi connectivity index (χ1n) is 13.3. The summed E-state index contributed by atoms with van der Waals surface area (Å²) in [5.41, 5.74) is 1.70. The average Bonchev–Trinajstić information content (AvgIpc) is 2.93. The molecule has 37 heavy (non-hydrogen) atoms. The van der Waals surface area contributed by atoms with E-state index >= 15 is 0 Å². The zero-order valence-electron chi connectivity index (χ0n) is 21.2. The van der Waals surface area contributed by atoms with Gasteiger partial charge in [-0.1, -0.05) is 24.3 Å². The van der Waals surface area contributed by atoms with E-state index in [0.717, 1.165) is 44.4 Å². The molecular formula is C29H34N4O4. The van der Waals surface area contributed by atoms with Crippen molar-refractivity contribution >= 4 is 22.7 Å². The number of carbonyl (C=O) groups is 2. The number of nitrogens with zero attached hydrogens (tertiary/aromatic N) is 4. The van der Waals surface area contributed by atoms with Crippen molar-refractivity contribution in [3.8, 4) is 5.75 Å². The largest absolute Gasteiger partial charge is 0.494 e. The highest BCUT2D eigenvalue weighted by atomic mass is 16.5. The Balaban J connectivity index is 1.31. The highest BCUT2D eigenvalue weighted by Gasteiger charge is 2.29. The van der Waals surface area contributed by atoms with Crippen LogP contribution in [0.25, 0.3) is 10.9 Å². The van der Waals surface area contributed by atoms with Crippen molar-refractivity contribution in [2.45, 2.75) is 57.5 Å². The quantitative estimate of drug-likeness (QED) is 0.548. The van der Waals surface area contributed by atoms with Crippen LogP contribution in [-0.2, 0) is 22.6 Å². The van der Waals surface area contributed by atoms with Gasteiger partial charge in [-0.3, -0.25) is 19.0 Å². The summed E-state index contributed by atoms with van der Waals surface area (Å²) in [5.74, 6) is 0.706. The Morgan fingerprint density at radius 2 is 1.89 bits per heavy atom. The molecule has 2 aliphatic heterocycles. The number of para-hydroxylation sites is 1. The van der Waals surface area contributed by atoms with Crippen LogP contribution in [-0.4, -0.2) is 63.4 Å².